The number of aryl methyl sites for hydroxylation is 2. The molecule has 74 valence electrons. The Bertz CT molecular complexity index is 379. The highest BCUT2D eigenvalue weighted by Gasteiger charge is 2.03. The Kier molecular flexibility index (Phi) is 2.93. The van der Waals surface area contributed by atoms with Gasteiger partial charge in [0.25, 0.3) is 0 Å². The molecule has 0 aliphatic carbocycles. The molecule has 0 atom stereocenters. The van der Waals surface area contributed by atoms with Gasteiger partial charge in [0, 0.05) is 11.1 Å². The van der Waals surface area contributed by atoms with Crippen LogP contribution in [0.2, 0.25) is 0 Å². The molecule has 0 fully saturated rings. The summed E-state index contributed by atoms with van der Waals surface area (Å²) in [5, 5.41) is 0. The first-order valence-corrected chi connectivity index (χ1v) is 6.13. The molecule has 0 amide bonds. The zero-order valence-corrected chi connectivity index (χ0v) is 9.74. The molecule has 2 rings (SSSR count). The number of furan rings is 1. The molecule has 0 N–H and O–H groups in total. The maximum Gasteiger partial charge on any atom is 0.150 e. The molecule has 0 aliphatic heterocycles. The van der Waals surface area contributed by atoms with Gasteiger partial charge < -0.3 is 4.42 Å². The largest absolute Gasteiger partial charge is 0.468 e. The Hall–Kier alpha value is -0.740. The van der Waals surface area contributed by atoms with E-state index in [0.29, 0.717) is 0 Å². The molecule has 14 heavy (non-hydrogen) atoms. The van der Waals surface area contributed by atoms with Gasteiger partial charge in [-0.1, -0.05) is 11.8 Å². The molecule has 0 unspecified atom stereocenters. The summed E-state index contributed by atoms with van der Waals surface area (Å²) in [6.07, 6.45) is 3.68. The number of rotatable bonds is 3. The molecule has 0 aliphatic rings. The van der Waals surface area contributed by atoms with E-state index in [-0.39, 0.29) is 0 Å². The SMILES string of the molecule is Cc1coc(CSc2ncc(C)s2)c1. The van der Waals surface area contributed by atoms with Crippen LogP contribution in [0, 0.1) is 13.8 Å². The summed E-state index contributed by atoms with van der Waals surface area (Å²) < 4.78 is 6.46. The summed E-state index contributed by atoms with van der Waals surface area (Å²) in [6, 6.07) is 2.06. The maximum absolute atomic E-state index is 5.35. The second-order valence-electron chi connectivity index (χ2n) is 3.12. The molecular weight excluding hydrogens is 214 g/mol. The van der Waals surface area contributed by atoms with Crippen LogP contribution in [0.1, 0.15) is 16.2 Å². The minimum absolute atomic E-state index is 0.862. The lowest BCUT2D eigenvalue weighted by molar-refractivity contribution is 0.529. The molecular formula is C10H11NOS2. The summed E-state index contributed by atoms with van der Waals surface area (Å²) in [7, 11) is 0. The smallest absolute Gasteiger partial charge is 0.150 e. The fraction of sp³-hybridized carbons (Fsp3) is 0.300. The van der Waals surface area contributed by atoms with Crippen molar-refractivity contribution in [1.82, 2.24) is 4.98 Å². The van der Waals surface area contributed by atoms with E-state index in [4.69, 9.17) is 4.42 Å². The van der Waals surface area contributed by atoms with E-state index in [2.05, 4.69) is 18.0 Å². The molecule has 2 aromatic rings. The highest BCUT2D eigenvalue weighted by molar-refractivity contribution is 8.00. The van der Waals surface area contributed by atoms with Crippen molar-refractivity contribution in [3.8, 4) is 0 Å². The van der Waals surface area contributed by atoms with Crippen LogP contribution in [0.15, 0.2) is 27.3 Å². The lowest BCUT2D eigenvalue weighted by Gasteiger charge is -1.92. The van der Waals surface area contributed by atoms with Gasteiger partial charge in [0.1, 0.15) is 10.1 Å². The number of thioether (sulfide) groups is 1. The van der Waals surface area contributed by atoms with Crippen molar-refractivity contribution in [2.24, 2.45) is 0 Å². The Balaban J connectivity index is 1.94. The van der Waals surface area contributed by atoms with Crippen LogP contribution in [0.5, 0.6) is 0 Å². The average molecular weight is 225 g/mol. The number of aromatic nitrogens is 1. The molecule has 0 bridgehead atoms. The van der Waals surface area contributed by atoms with Crippen molar-refractivity contribution in [3.63, 3.8) is 0 Å². The molecule has 0 radical (unpaired) electrons. The number of thiazole rings is 1. The lowest BCUT2D eigenvalue weighted by atomic mass is 10.4. The van der Waals surface area contributed by atoms with Crippen LogP contribution in [-0.4, -0.2) is 4.98 Å². The van der Waals surface area contributed by atoms with Gasteiger partial charge in [-0.3, -0.25) is 0 Å². The zero-order valence-electron chi connectivity index (χ0n) is 8.11. The van der Waals surface area contributed by atoms with Crippen LogP contribution in [-0.2, 0) is 5.75 Å². The fourth-order valence-corrected chi connectivity index (χ4v) is 2.94. The van der Waals surface area contributed by atoms with E-state index in [9.17, 15) is 0 Å². The van der Waals surface area contributed by atoms with Gasteiger partial charge in [-0.15, -0.1) is 11.3 Å². The predicted molar refractivity (Wildman–Crippen MR) is 59.9 cm³/mol. The summed E-state index contributed by atoms with van der Waals surface area (Å²) in [5.74, 6) is 1.88. The summed E-state index contributed by atoms with van der Waals surface area (Å²) in [4.78, 5) is 5.53. The van der Waals surface area contributed by atoms with E-state index in [0.717, 1.165) is 15.9 Å². The van der Waals surface area contributed by atoms with E-state index < -0.39 is 0 Å². The second kappa shape index (κ2) is 4.19. The van der Waals surface area contributed by atoms with Crippen molar-refractivity contribution in [2.75, 3.05) is 0 Å². The second-order valence-corrected chi connectivity index (χ2v) is 5.57. The third kappa shape index (κ3) is 2.39. The minimum atomic E-state index is 0.862. The van der Waals surface area contributed by atoms with Crippen molar-refractivity contribution >= 4 is 23.1 Å². The van der Waals surface area contributed by atoms with Crippen LogP contribution >= 0.6 is 23.1 Å². The summed E-state index contributed by atoms with van der Waals surface area (Å²) >= 11 is 3.45. The highest BCUT2D eigenvalue weighted by Crippen LogP contribution is 2.27. The number of nitrogens with zero attached hydrogens (tertiary/aromatic N) is 1. The van der Waals surface area contributed by atoms with Gasteiger partial charge in [-0.2, -0.15) is 0 Å². The number of hydrogen-bond donors (Lipinski definition) is 0. The Morgan fingerprint density at radius 1 is 1.50 bits per heavy atom. The predicted octanol–water partition coefficient (Wildman–Crippen LogP) is 3.65. The van der Waals surface area contributed by atoms with E-state index in [1.54, 1.807) is 29.4 Å². The van der Waals surface area contributed by atoms with Crippen LogP contribution < -0.4 is 0 Å². The van der Waals surface area contributed by atoms with Gasteiger partial charge in [0.2, 0.25) is 0 Å². The topological polar surface area (TPSA) is 26.0 Å². The van der Waals surface area contributed by atoms with Crippen molar-refractivity contribution in [1.29, 1.82) is 0 Å². The zero-order chi connectivity index (χ0) is 9.97. The van der Waals surface area contributed by atoms with E-state index in [1.807, 2.05) is 13.1 Å². The standard InChI is InChI=1S/C10H11NOS2/c1-7-3-9(12-5-7)6-13-10-11-4-8(2)14-10/h3-5H,6H2,1-2H3. The Morgan fingerprint density at radius 3 is 2.93 bits per heavy atom. The maximum atomic E-state index is 5.35. The van der Waals surface area contributed by atoms with Crippen molar-refractivity contribution in [2.45, 2.75) is 23.9 Å². The Labute approximate surface area is 91.4 Å². The molecule has 0 spiro atoms. The first kappa shape index (κ1) is 9.80. The lowest BCUT2D eigenvalue weighted by Crippen LogP contribution is -1.73. The first-order chi connectivity index (χ1) is 6.74. The molecule has 0 saturated heterocycles. The van der Waals surface area contributed by atoms with Crippen molar-refractivity contribution in [3.05, 3.63) is 34.7 Å². The van der Waals surface area contributed by atoms with Crippen molar-refractivity contribution < 1.29 is 4.42 Å². The average Bonchev–Trinajstić information content (AvgIpc) is 2.72. The minimum Gasteiger partial charge on any atom is -0.468 e. The normalized spacial score (nSPS) is 10.7. The van der Waals surface area contributed by atoms with Gasteiger partial charge in [-0.25, -0.2) is 4.98 Å². The summed E-state index contributed by atoms with van der Waals surface area (Å²) in [5.41, 5.74) is 1.18. The summed E-state index contributed by atoms with van der Waals surface area (Å²) in [6.45, 7) is 4.10. The fourth-order valence-electron chi connectivity index (χ4n) is 1.10. The van der Waals surface area contributed by atoms with Gasteiger partial charge in [0.05, 0.1) is 12.0 Å². The van der Waals surface area contributed by atoms with Crippen LogP contribution in [0.3, 0.4) is 0 Å². The van der Waals surface area contributed by atoms with E-state index >= 15 is 0 Å². The molecule has 0 saturated carbocycles. The molecule has 4 heteroatoms. The number of hydrogen-bond acceptors (Lipinski definition) is 4. The highest BCUT2D eigenvalue weighted by atomic mass is 32.2. The van der Waals surface area contributed by atoms with Crippen LogP contribution in [0.4, 0.5) is 0 Å². The molecule has 2 heterocycles. The van der Waals surface area contributed by atoms with Gasteiger partial charge >= 0.3 is 0 Å². The monoisotopic (exact) mass is 225 g/mol. The molecule has 2 nitrogen and oxygen atoms in total. The molecule has 0 aromatic carbocycles. The molecule has 2 aromatic heterocycles. The third-order valence-electron chi connectivity index (χ3n) is 1.72. The Morgan fingerprint density at radius 2 is 2.36 bits per heavy atom. The van der Waals surface area contributed by atoms with Gasteiger partial charge in [0.15, 0.2) is 0 Å². The van der Waals surface area contributed by atoms with Gasteiger partial charge in [-0.05, 0) is 25.5 Å². The van der Waals surface area contributed by atoms with Crippen LogP contribution in [0.25, 0.3) is 0 Å². The van der Waals surface area contributed by atoms with E-state index in [1.165, 1.54) is 10.4 Å². The third-order valence-corrected chi connectivity index (χ3v) is 3.81. The quantitative estimate of drug-likeness (QED) is 0.746. The first-order valence-electron chi connectivity index (χ1n) is 4.33.